The lowest BCUT2D eigenvalue weighted by atomic mass is 10.1. The van der Waals surface area contributed by atoms with E-state index in [0.717, 1.165) is 11.8 Å². The summed E-state index contributed by atoms with van der Waals surface area (Å²) in [6.07, 6.45) is -2.54. The van der Waals surface area contributed by atoms with Crippen LogP contribution in [0.3, 0.4) is 0 Å². The van der Waals surface area contributed by atoms with Crippen molar-refractivity contribution < 1.29 is 13.2 Å². The van der Waals surface area contributed by atoms with Gasteiger partial charge in [0, 0.05) is 17.6 Å². The largest absolute Gasteiger partial charge is 0.416 e. The molecule has 18 heavy (non-hydrogen) atoms. The van der Waals surface area contributed by atoms with Gasteiger partial charge in [0.25, 0.3) is 0 Å². The number of aromatic amines is 1. The third-order valence-electron chi connectivity index (χ3n) is 2.69. The molecule has 1 heterocycles. The summed E-state index contributed by atoms with van der Waals surface area (Å²) in [6, 6.07) is 7.96. The first-order valence-electron chi connectivity index (χ1n) is 5.51. The monoisotopic (exact) mass is 254 g/mol. The van der Waals surface area contributed by atoms with Gasteiger partial charge in [0.15, 0.2) is 0 Å². The maximum Gasteiger partial charge on any atom is 0.416 e. The van der Waals surface area contributed by atoms with Gasteiger partial charge in [0.05, 0.1) is 12.1 Å². The van der Waals surface area contributed by atoms with Crippen LogP contribution < -0.4 is 5.32 Å². The first kappa shape index (κ1) is 12.5. The highest BCUT2D eigenvalue weighted by Gasteiger charge is 2.32. The summed E-state index contributed by atoms with van der Waals surface area (Å²) in [7, 11) is 0. The summed E-state index contributed by atoms with van der Waals surface area (Å²) in [5.41, 5.74) is 1.01. The van der Waals surface area contributed by atoms with Gasteiger partial charge in [-0.15, -0.1) is 0 Å². The minimum absolute atomic E-state index is 0.230. The summed E-state index contributed by atoms with van der Waals surface area (Å²) in [5.74, 6) is 0. The highest BCUT2D eigenvalue weighted by Crippen LogP contribution is 2.33. The fourth-order valence-electron chi connectivity index (χ4n) is 1.71. The molecule has 0 fully saturated rings. The molecule has 5 heteroatoms. The number of rotatable bonds is 3. The second-order valence-electron chi connectivity index (χ2n) is 4.08. The van der Waals surface area contributed by atoms with Crippen LogP contribution in [0, 0.1) is 6.92 Å². The van der Waals surface area contributed by atoms with E-state index in [0.29, 0.717) is 12.2 Å². The Morgan fingerprint density at radius 2 is 2.00 bits per heavy atom. The number of aryl methyl sites for hydroxylation is 1. The van der Waals surface area contributed by atoms with Crippen molar-refractivity contribution in [1.82, 2.24) is 4.98 Å². The van der Waals surface area contributed by atoms with Gasteiger partial charge < -0.3 is 10.3 Å². The Morgan fingerprint density at radius 1 is 1.22 bits per heavy atom. The lowest BCUT2D eigenvalue weighted by Crippen LogP contribution is -2.09. The second-order valence-corrected chi connectivity index (χ2v) is 4.08. The summed E-state index contributed by atoms with van der Waals surface area (Å²) in [4.78, 5) is 2.98. The van der Waals surface area contributed by atoms with Crippen LogP contribution in [0.1, 0.15) is 16.8 Å². The molecule has 0 unspecified atom stereocenters. The fourth-order valence-corrected chi connectivity index (χ4v) is 1.71. The lowest BCUT2D eigenvalue weighted by Gasteiger charge is -2.13. The van der Waals surface area contributed by atoms with E-state index in [2.05, 4.69) is 10.3 Å². The van der Waals surface area contributed by atoms with Gasteiger partial charge in [-0.2, -0.15) is 13.2 Å². The molecular formula is C13H13F3N2. The Kier molecular flexibility index (Phi) is 3.32. The number of benzene rings is 1. The van der Waals surface area contributed by atoms with Gasteiger partial charge >= 0.3 is 6.18 Å². The number of aromatic nitrogens is 1. The van der Waals surface area contributed by atoms with Gasteiger partial charge in [-0.1, -0.05) is 6.07 Å². The molecule has 0 saturated carbocycles. The molecule has 0 radical (unpaired) electrons. The van der Waals surface area contributed by atoms with Crippen LogP contribution in [0.4, 0.5) is 18.9 Å². The molecule has 96 valence electrons. The standard InChI is InChI=1S/C13H13F3N2/c1-9-4-5-10(7-12(9)13(14,15)16)18-8-11-3-2-6-17-11/h2-7,17-18H,8H2,1H3. The molecule has 0 saturated heterocycles. The maximum absolute atomic E-state index is 12.7. The summed E-state index contributed by atoms with van der Waals surface area (Å²) >= 11 is 0. The SMILES string of the molecule is Cc1ccc(NCc2ccc[nH]2)cc1C(F)(F)F. The van der Waals surface area contributed by atoms with Crippen LogP contribution in [0.15, 0.2) is 36.5 Å². The molecule has 2 nitrogen and oxygen atoms in total. The van der Waals surface area contributed by atoms with Crippen LogP contribution in [-0.4, -0.2) is 4.98 Å². The second kappa shape index (κ2) is 4.76. The zero-order valence-electron chi connectivity index (χ0n) is 9.81. The highest BCUT2D eigenvalue weighted by molar-refractivity contribution is 5.49. The molecule has 0 aliphatic rings. The lowest BCUT2D eigenvalue weighted by molar-refractivity contribution is -0.138. The topological polar surface area (TPSA) is 27.8 Å². The van der Waals surface area contributed by atoms with Gasteiger partial charge in [-0.25, -0.2) is 0 Å². The van der Waals surface area contributed by atoms with Crippen molar-refractivity contribution in [2.75, 3.05) is 5.32 Å². The predicted octanol–water partition coefficient (Wildman–Crippen LogP) is 3.95. The van der Waals surface area contributed by atoms with E-state index in [1.54, 1.807) is 12.3 Å². The molecule has 2 rings (SSSR count). The van der Waals surface area contributed by atoms with Crippen molar-refractivity contribution in [1.29, 1.82) is 0 Å². The summed E-state index contributed by atoms with van der Waals surface area (Å²) in [6.45, 7) is 1.92. The molecule has 0 atom stereocenters. The van der Waals surface area contributed by atoms with Crippen LogP contribution in [0.5, 0.6) is 0 Å². The zero-order valence-corrected chi connectivity index (χ0v) is 9.81. The molecule has 0 aliphatic carbocycles. The molecule has 0 amide bonds. The quantitative estimate of drug-likeness (QED) is 0.852. The Bertz CT molecular complexity index is 516. The van der Waals surface area contributed by atoms with Gasteiger partial charge in [-0.05, 0) is 36.8 Å². The summed E-state index contributed by atoms with van der Waals surface area (Å²) < 4.78 is 38.1. The van der Waals surface area contributed by atoms with E-state index in [1.165, 1.54) is 13.0 Å². The van der Waals surface area contributed by atoms with Gasteiger partial charge in [0.1, 0.15) is 0 Å². The maximum atomic E-state index is 12.7. The predicted molar refractivity (Wildman–Crippen MR) is 64.3 cm³/mol. The molecule has 1 aromatic heterocycles. The molecule has 2 aromatic rings. The average molecular weight is 254 g/mol. The van der Waals surface area contributed by atoms with Crippen LogP contribution in [0.25, 0.3) is 0 Å². The van der Waals surface area contributed by atoms with Crippen LogP contribution in [-0.2, 0) is 12.7 Å². The third-order valence-corrected chi connectivity index (χ3v) is 2.69. The Balaban J connectivity index is 2.15. The molecule has 2 N–H and O–H groups in total. The number of alkyl halides is 3. The van der Waals surface area contributed by atoms with Crippen LogP contribution in [0.2, 0.25) is 0 Å². The van der Waals surface area contributed by atoms with Crippen molar-refractivity contribution >= 4 is 5.69 Å². The zero-order chi connectivity index (χ0) is 13.2. The first-order chi connectivity index (χ1) is 8.47. The van der Waals surface area contributed by atoms with E-state index >= 15 is 0 Å². The number of H-pyrrole nitrogens is 1. The minimum atomic E-state index is -4.31. The highest BCUT2D eigenvalue weighted by atomic mass is 19.4. The normalized spacial score (nSPS) is 11.6. The van der Waals surface area contributed by atoms with E-state index in [9.17, 15) is 13.2 Å². The Hall–Kier alpha value is -1.91. The first-order valence-corrected chi connectivity index (χ1v) is 5.51. The average Bonchev–Trinajstić information content (AvgIpc) is 2.79. The van der Waals surface area contributed by atoms with Gasteiger partial charge in [0.2, 0.25) is 0 Å². The summed E-state index contributed by atoms with van der Waals surface area (Å²) in [5, 5.41) is 2.96. The fraction of sp³-hybridized carbons (Fsp3) is 0.231. The Labute approximate surface area is 103 Å². The molecule has 0 bridgehead atoms. The van der Waals surface area contributed by atoms with E-state index in [4.69, 9.17) is 0 Å². The van der Waals surface area contributed by atoms with Crippen LogP contribution >= 0.6 is 0 Å². The van der Waals surface area contributed by atoms with E-state index < -0.39 is 11.7 Å². The minimum Gasteiger partial charge on any atom is -0.379 e. The smallest absolute Gasteiger partial charge is 0.379 e. The number of nitrogens with one attached hydrogen (secondary N) is 2. The van der Waals surface area contributed by atoms with Crippen molar-refractivity contribution in [3.8, 4) is 0 Å². The van der Waals surface area contributed by atoms with E-state index in [-0.39, 0.29) is 5.56 Å². The molecule has 0 aliphatic heterocycles. The third kappa shape index (κ3) is 2.85. The number of hydrogen-bond acceptors (Lipinski definition) is 1. The van der Waals surface area contributed by atoms with Gasteiger partial charge in [-0.3, -0.25) is 0 Å². The van der Waals surface area contributed by atoms with Crippen molar-refractivity contribution in [2.24, 2.45) is 0 Å². The van der Waals surface area contributed by atoms with Crippen molar-refractivity contribution in [2.45, 2.75) is 19.6 Å². The molecular weight excluding hydrogens is 241 g/mol. The Morgan fingerprint density at radius 3 is 2.61 bits per heavy atom. The number of hydrogen-bond donors (Lipinski definition) is 2. The van der Waals surface area contributed by atoms with Crippen molar-refractivity contribution in [3.05, 3.63) is 53.3 Å². The number of anilines is 1. The molecule has 0 spiro atoms. The van der Waals surface area contributed by atoms with Crippen molar-refractivity contribution in [3.63, 3.8) is 0 Å². The van der Waals surface area contributed by atoms with E-state index in [1.807, 2.05) is 12.1 Å². The molecule has 1 aromatic carbocycles. The number of halogens is 3.